The number of halogens is 3. The van der Waals surface area contributed by atoms with E-state index in [1.807, 2.05) is 0 Å². The van der Waals surface area contributed by atoms with Crippen LogP contribution in [-0.2, 0) is 5.41 Å². The van der Waals surface area contributed by atoms with Crippen molar-refractivity contribution in [3.8, 4) is 0 Å². The molecule has 6 nitrogen and oxygen atoms in total. The number of hydrogen-bond acceptors (Lipinski definition) is 4. The molecule has 2 heterocycles. The van der Waals surface area contributed by atoms with Crippen LogP contribution in [0.25, 0.3) is 0 Å². The third-order valence-corrected chi connectivity index (χ3v) is 10.7. The largest absolute Gasteiger partial charge is 0.402 e. The summed E-state index contributed by atoms with van der Waals surface area (Å²) in [5.74, 6) is -0.0935. The van der Waals surface area contributed by atoms with Crippen LogP contribution < -0.4 is 0 Å². The van der Waals surface area contributed by atoms with E-state index in [2.05, 4.69) is 6.92 Å². The Morgan fingerprint density at radius 1 is 0.674 bits per heavy atom. The maximum atomic E-state index is 14.9. The number of rotatable bonds is 5. The summed E-state index contributed by atoms with van der Waals surface area (Å²) in [6.45, 7) is 3.31. The van der Waals surface area contributed by atoms with E-state index in [0.717, 1.165) is 42.6 Å². The average molecular weight is 595 g/mol. The predicted molar refractivity (Wildman–Crippen MR) is 154 cm³/mol. The molecule has 4 amide bonds. The number of benzene rings is 2. The summed E-state index contributed by atoms with van der Waals surface area (Å²) in [6, 6.07) is 7.05. The molecule has 1 atom stereocenters. The summed E-state index contributed by atoms with van der Waals surface area (Å²) in [5.41, 5.74) is -2.99. The van der Waals surface area contributed by atoms with Crippen molar-refractivity contribution < 1.29 is 32.3 Å². The van der Waals surface area contributed by atoms with Gasteiger partial charge in [-0.15, -0.1) is 0 Å². The molecule has 0 saturated heterocycles. The molecule has 0 N–H and O–H groups in total. The SMILES string of the molecule is CC1CCC(CC2CCC(N3C(=O)c4ccc(C(C)(c5ccc6c(c5)C(=O)N(C)C6=O)C(F)(F)F)cc4C3=O)CC2)CC1. The van der Waals surface area contributed by atoms with E-state index in [9.17, 15) is 32.3 Å². The molecule has 2 aromatic rings. The molecule has 0 bridgehead atoms. The Bertz CT molecular complexity index is 1500. The van der Waals surface area contributed by atoms with E-state index >= 15 is 0 Å². The molecule has 4 aliphatic rings. The van der Waals surface area contributed by atoms with Crippen LogP contribution in [0.3, 0.4) is 0 Å². The lowest BCUT2D eigenvalue weighted by molar-refractivity contribution is -0.173. The van der Waals surface area contributed by atoms with Gasteiger partial charge in [0, 0.05) is 13.1 Å². The van der Waals surface area contributed by atoms with Crippen LogP contribution >= 0.6 is 0 Å². The van der Waals surface area contributed by atoms with Crippen LogP contribution in [0, 0.1) is 17.8 Å². The highest BCUT2D eigenvalue weighted by Crippen LogP contribution is 2.48. The summed E-state index contributed by atoms with van der Waals surface area (Å²) >= 11 is 0. The zero-order chi connectivity index (χ0) is 30.8. The lowest BCUT2D eigenvalue weighted by Gasteiger charge is -2.36. The first-order chi connectivity index (χ1) is 20.3. The first-order valence-electron chi connectivity index (χ1n) is 15.4. The highest BCUT2D eigenvalue weighted by molar-refractivity contribution is 6.22. The van der Waals surface area contributed by atoms with Crippen molar-refractivity contribution >= 4 is 23.6 Å². The van der Waals surface area contributed by atoms with E-state index in [4.69, 9.17) is 0 Å². The molecule has 43 heavy (non-hydrogen) atoms. The standard InChI is InChI=1S/C34H37F3N2O4/c1-19-4-6-20(7-5-19)16-21-8-12-24(13-9-21)39-31(42)26-15-11-23(18-28(26)32(39)43)33(2,34(35,36)37)22-10-14-25-27(17-22)30(41)38(3)29(25)40/h10-11,14-15,17-21,24H,4-9,12-13,16H2,1-3H3. The molecule has 228 valence electrons. The van der Waals surface area contributed by atoms with Gasteiger partial charge in [-0.2, -0.15) is 13.2 Å². The topological polar surface area (TPSA) is 74.8 Å². The third-order valence-electron chi connectivity index (χ3n) is 10.7. The monoisotopic (exact) mass is 594 g/mol. The number of imide groups is 2. The van der Waals surface area contributed by atoms with E-state index < -0.39 is 35.2 Å². The van der Waals surface area contributed by atoms with Gasteiger partial charge in [0.25, 0.3) is 23.6 Å². The zero-order valence-corrected chi connectivity index (χ0v) is 24.8. The van der Waals surface area contributed by atoms with Gasteiger partial charge in [-0.05, 0) is 92.2 Å². The van der Waals surface area contributed by atoms with Crippen LogP contribution in [0.4, 0.5) is 13.2 Å². The Hall–Kier alpha value is -3.49. The first kappa shape index (κ1) is 29.6. The second kappa shape index (κ2) is 10.6. The van der Waals surface area contributed by atoms with Gasteiger partial charge in [-0.25, -0.2) is 0 Å². The Labute approximate surface area is 249 Å². The molecule has 2 saturated carbocycles. The fourth-order valence-corrected chi connectivity index (χ4v) is 7.74. The number of nitrogens with zero attached hydrogens (tertiary/aromatic N) is 2. The highest BCUT2D eigenvalue weighted by atomic mass is 19.4. The lowest BCUT2D eigenvalue weighted by Crippen LogP contribution is -2.42. The Kier molecular flexibility index (Phi) is 7.29. The fourth-order valence-electron chi connectivity index (χ4n) is 7.74. The fraction of sp³-hybridized carbons (Fsp3) is 0.529. The van der Waals surface area contributed by atoms with Gasteiger partial charge in [0.2, 0.25) is 0 Å². The van der Waals surface area contributed by atoms with Crippen molar-refractivity contribution in [2.75, 3.05) is 7.05 Å². The lowest BCUT2D eigenvalue weighted by atomic mass is 9.74. The molecule has 2 fully saturated rings. The molecule has 0 aromatic heterocycles. The van der Waals surface area contributed by atoms with Crippen LogP contribution in [0.5, 0.6) is 0 Å². The maximum Gasteiger partial charge on any atom is 0.402 e. The van der Waals surface area contributed by atoms with Crippen molar-refractivity contribution in [1.29, 1.82) is 0 Å². The van der Waals surface area contributed by atoms with E-state index in [-0.39, 0.29) is 39.4 Å². The first-order valence-corrected chi connectivity index (χ1v) is 15.4. The minimum atomic E-state index is -4.81. The number of carbonyl (C=O) groups is 4. The molecule has 9 heteroatoms. The van der Waals surface area contributed by atoms with Crippen molar-refractivity contribution in [2.45, 2.75) is 89.3 Å². The molecular weight excluding hydrogens is 557 g/mol. The molecule has 0 radical (unpaired) electrons. The number of carbonyl (C=O) groups excluding carboxylic acids is 4. The minimum absolute atomic E-state index is 0.0245. The van der Waals surface area contributed by atoms with Gasteiger partial charge in [0.1, 0.15) is 5.41 Å². The quantitative estimate of drug-likeness (QED) is 0.345. The molecular formula is C34H37F3N2O4. The minimum Gasteiger partial charge on any atom is -0.277 e. The number of hydrogen-bond donors (Lipinski definition) is 0. The predicted octanol–water partition coefficient (Wildman–Crippen LogP) is 7.15. The smallest absolute Gasteiger partial charge is 0.277 e. The maximum absolute atomic E-state index is 14.9. The molecule has 2 aromatic carbocycles. The second-order valence-corrected chi connectivity index (χ2v) is 13.3. The van der Waals surface area contributed by atoms with Crippen LogP contribution in [0.2, 0.25) is 0 Å². The van der Waals surface area contributed by atoms with Gasteiger partial charge >= 0.3 is 6.18 Å². The van der Waals surface area contributed by atoms with E-state index in [1.165, 1.54) is 74.4 Å². The number of fused-ring (bicyclic) bond motifs is 2. The summed E-state index contributed by atoms with van der Waals surface area (Å²) < 4.78 is 44.6. The van der Waals surface area contributed by atoms with Gasteiger partial charge in [0.05, 0.1) is 22.3 Å². The summed E-state index contributed by atoms with van der Waals surface area (Å²) in [7, 11) is 1.28. The Balaban J connectivity index is 1.24. The van der Waals surface area contributed by atoms with Gasteiger partial charge in [-0.1, -0.05) is 44.7 Å². The molecule has 2 aliphatic carbocycles. The van der Waals surface area contributed by atoms with Crippen molar-refractivity contribution in [1.82, 2.24) is 9.80 Å². The van der Waals surface area contributed by atoms with E-state index in [0.29, 0.717) is 18.8 Å². The molecule has 6 rings (SSSR count). The second-order valence-electron chi connectivity index (χ2n) is 13.3. The van der Waals surface area contributed by atoms with Gasteiger partial charge < -0.3 is 0 Å². The van der Waals surface area contributed by atoms with Crippen LogP contribution in [0.15, 0.2) is 36.4 Å². The summed E-state index contributed by atoms with van der Waals surface area (Å²) in [5, 5.41) is 0. The number of alkyl halides is 3. The van der Waals surface area contributed by atoms with Crippen molar-refractivity contribution in [3.63, 3.8) is 0 Å². The van der Waals surface area contributed by atoms with Crippen molar-refractivity contribution in [2.24, 2.45) is 17.8 Å². The van der Waals surface area contributed by atoms with Crippen molar-refractivity contribution in [3.05, 3.63) is 69.8 Å². The molecule has 1 unspecified atom stereocenters. The Morgan fingerprint density at radius 2 is 1.12 bits per heavy atom. The number of amides is 4. The van der Waals surface area contributed by atoms with E-state index in [1.54, 1.807) is 0 Å². The van der Waals surface area contributed by atoms with Crippen LogP contribution in [-0.4, -0.2) is 52.7 Å². The zero-order valence-electron chi connectivity index (χ0n) is 24.8. The highest BCUT2D eigenvalue weighted by Gasteiger charge is 2.55. The average Bonchev–Trinajstić information content (AvgIpc) is 3.36. The summed E-state index contributed by atoms with van der Waals surface area (Å²) in [4.78, 5) is 54.0. The van der Waals surface area contributed by atoms with Gasteiger partial charge in [0.15, 0.2) is 0 Å². The summed E-state index contributed by atoms with van der Waals surface area (Å²) in [6.07, 6.45) is 4.80. The van der Waals surface area contributed by atoms with Gasteiger partial charge in [-0.3, -0.25) is 29.0 Å². The Morgan fingerprint density at radius 3 is 1.65 bits per heavy atom. The molecule has 2 aliphatic heterocycles. The normalized spacial score (nSPS) is 27.4. The van der Waals surface area contributed by atoms with Crippen LogP contribution in [0.1, 0.15) is 124 Å². The third kappa shape index (κ3) is 4.79. The molecule has 0 spiro atoms.